The first-order valence-electron chi connectivity index (χ1n) is 5.58. The van der Waals surface area contributed by atoms with E-state index in [4.69, 9.17) is 23.2 Å². The highest BCUT2D eigenvalue weighted by molar-refractivity contribution is 9.10. The zero-order chi connectivity index (χ0) is 13.3. The van der Waals surface area contributed by atoms with Crippen LogP contribution in [0.5, 0.6) is 0 Å². The van der Waals surface area contributed by atoms with Gasteiger partial charge >= 0.3 is 0 Å². The molecule has 0 amide bonds. The summed E-state index contributed by atoms with van der Waals surface area (Å²) >= 11 is 17.4. The first-order valence-corrected chi connectivity index (χ1v) is 8.11. The molecule has 1 aromatic carbocycles. The molecule has 0 fully saturated rings. The molecule has 0 saturated heterocycles. The van der Waals surface area contributed by atoms with Crippen LogP contribution in [-0.4, -0.2) is 16.5 Å². The van der Waals surface area contributed by atoms with E-state index < -0.39 is 0 Å². The van der Waals surface area contributed by atoms with Crippen molar-refractivity contribution in [2.75, 3.05) is 11.1 Å². The number of anilines is 1. The van der Waals surface area contributed by atoms with Crippen molar-refractivity contribution in [3.05, 3.63) is 26.7 Å². The highest BCUT2D eigenvalue weighted by Crippen LogP contribution is 2.37. The van der Waals surface area contributed by atoms with Gasteiger partial charge in [0.25, 0.3) is 0 Å². The Hall–Kier alpha value is 0.1000. The molecule has 0 bridgehead atoms. The van der Waals surface area contributed by atoms with Crippen molar-refractivity contribution in [2.45, 2.75) is 25.8 Å². The van der Waals surface area contributed by atoms with Crippen molar-refractivity contribution >= 4 is 61.7 Å². The Balaban J connectivity index is 2.24. The number of halogens is 3. The minimum atomic E-state index is 0.0152. The first kappa shape index (κ1) is 14.5. The average molecular weight is 368 g/mol. The summed E-state index contributed by atoms with van der Waals surface area (Å²) in [7, 11) is 0. The van der Waals surface area contributed by atoms with Crippen LogP contribution in [0.4, 0.5) is 5.69 Å². The zero-order valence-electron chi connectivity index (χ0n) is 10.1. The molecule has 98 valence electrons. The lowest BCUT2D eigenvalue weighted by Crippen LogP contribution is -2.20. The summed E-state index contributed by atoms with van der Waals surface area (Å²) in [6.45, 7) is 4.30. The van der Waals surface area contributed by atoms with Gasteiger partial charge in [0.15, 0.2) is 5.17 Å². The van der Waals surface area contributed by atoms with E-state index >= 15 is 0 Å². The van der Waals surface area contributed by atoms with Crippen LogP contribution in [0, 0.1) is 0 Å². The molecule has 0 radical (unpaired) electrons. The number of aliphatic imine (C=N–C) groups is 1. The van der Waals surface area contributed by atoms with Crippen molar-refractivity contribution in [2.24, 2.45) is 4.99 Å². The number of nitrogens with zero attached hydrogens (tertiary/aromatic N) is 1. The summed E-state index contributed by atoms with van der Waals surface area (Å²) in [5.74, 6) is 0.984. The smallest absolute Gasteiger partial charge is 0.161 e. The highest BCUT2D eigenvalue weighted by Gasteiger charge is 2.29. The summed E-state index contributed by atoms with van der Waals surface area (Å²) in [4.78, 5) is 4.68. The number of amidine groups is 1. The molecule has 2 nitrogen and oxygen atoms in total. The second-order valence-corrected chi connectivity index (χ2v) is 7.12. The van der Waals surface area contributed by atoms with Crippen LogP contribution in [0.3, 0.4) is 0 Å². The van der Waals surface area contributed by atoms with Gasteiger partial charge in [-0.1, -0.05) is 57.8 Å². The SMILES string of the molecule is CCC1(C)CSC(Nc2c(Cl)cc(Br)cc2Cl)=N1. The quantitative estimate of drug-likeness (QED) is 0.752. The molecule has 1 atom stereocenters. The Bertz CT molecular complexity index is 484. The van der Waals surface area contributed by atoms with Gasteiger partial charge in [-0.3, -0.25) is 4.99 Å². The van der Waals surface area contributed by atoms with E-state index in [2.05, 4.69) is 40.1 Å². The van der Waals surface area contributed by atoms with Crippen molar-refractivity contribution < 1.29 is 0 Å². The zero-order valence-corrected chi connectivity index (χ0v) is 14.0. The van der Waals surface area contributed by atoms with Crippen LogP contribution in [-0.2, 0) is 0 Å². The van der Waals surface area contributed by atoms with Crippen LogP contribution >= 0.6 is 50.9 Å². The van der Waals surface area contributed by atoms with E-state index in [1.807, 2.05) is 12.1 Å². The second kappa shape index (κ2) is 5.61. The van der Waals surface area contributed by atoms with Crippen molar-refractivity contribution in [3.8, 4) is 0 Å². The third-order valence-corrected chi connectivity index (χ3v) is 5.18. The van der Waals surface area contributed by atoms with Gasteiger partial charge in [-0.2, -0.15) is 0 Å². The van der Waals surface area contributed by atoms with E-state index in [-0.39, 0.29) is 5.54 Å². The van der Waals surface area contributed by atoms with Crippen molar-refractivity contribution in [1.82, 2.24) is 0 Å². The number of thioether (sulfide) groups is 1. The van der Waals surface area contributed by atoms with E-state index in [0.29, 0.717) is 15.7 Å². The lowest BCUT2D eigenvalue weighted by Gasteiger charge is -2.15. The Morgan fingerprint density at radius 3 is 2.56 bits per heavy atom. The second-order valence-electron chi connectivity index (χ2n) is 4.43. The Morgan fingerprint density at radius 2 is 2.06 bits per heavy atom. The molecule has 0 aromatic heterocycles. The molecule has 1 aliphatic heterocycles. The van der Waals surface area contributed by atoms with Crippen LogP contribution in [0.2, 0.25) is 10.0 Å². The Kier molecular flexibility index (Phi) is 4.52. The number of hydrogen-bond donors (Lipinski definition) is 1. The maximum atomic E-state index is 6.18. The molecule has 1 heterocycles. The summed E-state index contributed by atoms with van der Waals surface area (Å²) in [5, 5.41) is 5.27. The molecule has 0 saturated carbocycles. The number of nitrogens with one attached hydrogen (secondary N) is 1. The molecule has 1 unspecified atom stereocenters. The monoisotopic (exact) mass is 366 g/mol. The maximum absolute atomic E-state index is 6.18. The third-order valence-electron chi connectivity index (χ3n) is 2.89. The van der Waals surface area contributed by atoms with Crippen LogP contribution in [0.15, 0.2) is 21.6 Å². The fourth-order valence-corrected chi connectivity index (χ4v) is 4.03. The van der Waals surface area contributed by atoms with E-state index in [1.165, 1.54) is 0 Å². The fourth-order valence-electron chi connectivity index (χ4n) is 1.55. The number of rotatable bonds is 2. The van der Waals surface area contributed by atoms with Gasteiger partial charge in [0, 0.05) is 10.2 Å². The van der Waals surface area contributed by atoms with E-state index in [0.717, 1.165) is 21.8 Å². The van der Waals surface area contributed by atoms with Gasteiger partial charge in [-0.25, -0.2) is 0 Å². The summed E-state index contributed by atoms with van der Waals surface area (Å²) in [6.07, 6.45) is 1.02. The molecule has 0 aliphatic carbocycles. The van der Waals surface area contributed by atoms with Gasteiger partial charge in [-0.15, -0.1) is 0 Å². The lowest BCUT2D eigenvalue weighted by molar-refractivity contribution is 0.523. The van der Waals surface area contributed by atoms with Gasteiger partial charge in [0.05, 0.1) is 21.3 Å². The minimum Gasteiger partial charge on any atom is -0.333 e. The normalized spacial score (nSPS) is 23.1. The standard InChI is InChI=1S/C12H13BrCl2N2S/c1-3-12(2)6-18-11(17-12)16-10-8(14)4-7(13)5-9(10)15/h4-5H,3,6H2,1-2H3,(H,16,17). The predicted molar refractivity (Wildman–Crippen MR) is 86.4 cm³/mol. The maximum Gasteiger partial charge on any atom is 0.161 e. The third kappa shape index (κ3) is 3.16. The predicted octanol–water partition coefficient (Wildman–Crippen LogP) is 5.44. The molecular formula is C12H13BrCl2N2S. The minimum absolute atomic E-state index is 0.0152. The topological polar surface area (TPSA) is 24.4 Å². The summed E-state index contributed by atoms with van der Waals surface area (Å²) in [5.41, 5.74) is 0.731. The Labute approximate surface area is 130 Å². The number of benzene rings is 1. The summed E-state index contributed by atoms with van der Waals surface area (Å²) < 4.78 is 0.863. The average Bonchev–Trinajstić information content (AvgIpc) is 2.66. The molecule has 1 aromatic rings. The first-order chi connectivity index (χ1) is 8.43. The lowest BCUT2D eigenvalue weighted by atomic mass is 10.0. The van der Waals surface area contributed by atoms with E-state index in [9.17, 15) is 0 Å². The number of hydrogen-bond acceptors (Lipinski definition) is 3. The van der Waals surface area contributed by atoms with Crippen LogP contribution in [0.1, 0.15) is 20.3 Å². The molecule has 1 aliphatic rings. The van der Waals surface area contributed by atoms with Crippen molar-refractivity contribution in [1.29, 1.82) is 0 Å². The van der Waals surface area contributed by atoms with Gasteiger partial charge in [0.1, 0.15) is 0 Å². The van der Waals surface area contributed by atoms with Crippen LogP contribution < -0.4 is 5.32 Å². The fraction of sp³-hybridized carbons (Fsp3) is 0.417. The summed E-state index contributed by atoms with van der Waals surface area (Å²) in [6, 6.07) is 3.63. The molecule has 1 N–H and O–H groups in total. The van der Waals surface area contributed by atoms with Gasteiger partial charge in [-0.05, 0) is 25.5 Å². The highest BCUT2D eigenvalue weighted by atomic mass is 79.9. The van der Waals surface area contributed by atoms with Crippen LogP contribution in [0.25, 0.3) is 0 Å². The molecular weight excluding hydrogens is 355 g/mol. The largest absolute Gasteiger partial charge is 0.333 e. The van der Waals surface area contributed by atoms with E-state index in [1.54, 1.807) is 11.8 Å². The van der Waals surface area contributed by atoms with Gasteiger partial charge in [0.2, 0.25) is 0 Å². The van der Waals surface area contributed by atoms with Crippen molar-refractivity contribution in [3.63, 3.8) is 0 Å². The molecule has 6 heteroatoms. The van der Waals surface area contributed by atoms with Gasteiger partial charge < -0.3 is 5.32 Å². The molecule has 0 spiro atoms. The molecule has 2 rings (SSSR count). The Morgan fingerprint density at radius 1 is 1.44 bits per heavy atom. The molecule has 18 heavy (non-hydrogen) atoms.